The first-order valence-electron chi connectivity index (χ1n) is 7.52. The average Bonchev–Trinajstić information content (AvgIpc) is 2.77. The Morgan fingerprint density at radius 3 is 2.70 bits per heavy atom. The highest BCUT2D eigenvalue weighted by Gasteiger charge is 2.49. The second kappa shape index (κ2) is 6.85. The van der Waals surface area contributed by atoms with E-state index in [2.05, 4.69) is 6.92 Å². The van der Waals surface area contributed by atoms with Gasteiger partial charge in [-0.2, -0.15) is 0 Å². The number of esters is 1. The lowest BCUT2D eigenvalue weighted by atomic mass is 9.93. The number of unbranched alkanes of at least 4 members (excludes halogenated alkanes) is 2. The number of rotatable bonds is 5. The third-order valence-corrected chi connectivity index (χ3v) is 4.29. The van der Waals surface area contributed by atoms with Gasteiger partial charge in [0.1, 0.15) is 18.3 Å². The zero-order valence-corrected chi connectivity index (χ0v) is 11.9. The van der Waals surface area contributed by atoms with E-state index < -0.39 is 30.5 Å². The number of aliphatic hydroxyl groups is 3. The molecule has 2 heterocycles. The largest absolute Gasteiger partial charge is 0.458 e. The van der Waals surface area contributed by atoms with Gasteiger partial charge in [-0.25, -0.2) is 0 Å². The minimum atomic E-state index is -1.13. The number of carbonyl (C=O) groups excluding carboxylic acids is 1. The van der Waals surface area contributed by atoms with Crippen LogP contribution in [0.25, 0.3) is 0 Å². The van der Waals surface area contributed by atoms with Crippen LogP contribution in [-0.4, -0.2) is 69.7 Å². The van der Waals surface area contributed by atoms with Gasteiger partial charge in [0.15, 0.2) is 0 Å². The molecule has 6 nitrogen and oxygen atoms in total. The van der Waals surface area contributed by atoms with Gasteiger partial charge in [-0.15, -0.1) is 0 Å². The van der Waals surface area contributed by atoms with Crippen LogP contribution in [0, 0.1) is 0 Å². The van der Waals surface area contributed by atoms with Crippen LogP contribution in [-0.2, 0) is 9.53 Å². The van der Waals surface area contributed by atoms with Crippen LogP contribution >= 0.6 is 0 Å². The number of nitrogens with zero attached hydrogens (tertiary/aromatic N) is 1. The molecule has 6 heteroatoms. The highest BCUT2D eigenvalue weighted by atomic mass is 16.6. The summed E-state index contributed by atoms with van der Waals surface area (Å²) in [6, 6.07) is -0.444. The van der Waals surface area contributed by atoms with Crippen molar-refractivity contribution in [2.45, 2.75) is 69.5 Å². The lowest BCUT2D eigenvalue weighted by Crippen LogP contribution is -2.62. The molecule has 0 aliphatic carbocycles. The molecular formula is C14H25NO5. The number of ether oxygens (including phenoxy) is 1. The van der Waals surface area contributed by atoms with E-state index in [0.717, 1.165) is 19.3 Å². The SMILES string of the molecule is CCCCCC(=O)OC1CN2CC[C@H](O)C2C(O)[C@@H]1O. The van der Waals surface area contributed by atoms with Crippen molar-refractivity contribution >= 4 is 5.97 Å². The molecule has 3 unspecified atom stereocenters. The maximum Gasteiger partial charge on any atom is 0.306 e. The zero-order chi connectivity index (χ0) is 14.7. The summed E-state index contributed by atoms with van der Waals surface area (Å²) in [5, 5.41) is 29.9. The predicted octanol–water partition coefficient (Wildman–Crippen LogP) is -0.351. The Labute approximate surface area is 119 Å². The minimum Gasteiger partial charge on any atom is -0.458 e. The Morgan fingerprint density at radius 1 is 1.25 bits per heavy atom. The maximum atomic E-state index is 11.7. The van der Waals surface area contributed by atoms with Crippen LogP contribution in [0.2, 0.25) is 0 Å². The molecule has 2 aliphatic rings. The van der Waals surface area contributed by atoms with E-state index in [1.807, 2.05) is 4.90 Å². The number of hydrogen-bond donors (Lipinski definition) is 3. The summed E-state index contributed by atoms with van der Waals surface area (Å²) >= 11 is 0. The third kappa shape index (κ3) is 3.31. The molecule has 3 N–H and O–H groups in total. The van der Waals surface area contributed by atoms with Gasteiger partial charge in [-0.05, 0) is 12.8 Å². The van der Waals surface area contributed by atoms with E-state index in [-0.39, 0.29) is 5.97 Å². The van der Waals surface area contributed by atoms with Crippen LogP contribution in [0.4, 0.5) is 0 Å². The fraction of sp³-hybridized carbons (Fsp3) is 0.929. The molecule has 0 radical (unpaired) electrons. The molecule has 0 bridgehead atoms. The van der Waals surface area contributed by atoms with Crippen molar-refractivity contribution in [3.05, 3.63) is 0 Å². The van der Waals surface area contributed by atoms with Gasteiger partial charge in [0, 0.05) is 19.5 Å². The summed E-state index contributed by atoms with van der Waals surface area (Å²) in [4.78, 5) is 13.6. The van der Waals surface area contributed by atoms with Gasteiger partial charge >= 0.3 is 5.97 Å². The molecule has 5 atom stereocenters. The molecular weight excluding hydrogens is 262 g/mol. The topological polar surface area (TPSA) is 90.2 Å². The first kappa shape index (κ1) is 15.7. The van der Waals surface area contributed by atoms with E-state index in [1.165, 1.54) is 0 Å². The Bertz CT molecular complexity index is 338. The van der Waals surface area contributed by atoms with Gasteiger partial charge in [0.05, 0.1) is 12.1 Å². The molecule has 2 saturated heterocycles. The molecule has 2 aliphatic heterocycles. The van der Waals surface area contributed by atoms with E-state index in [9.17, 15) is 20.1 Å². The fourth-order valence-electron chi connectivity index (χ4n) is 3.13. The number of piperidine rings is 1. The molecule has 2 rings (SSSR count). The predicted molar refractivity (Wildman–Crippen MR) is 72.0 cm³/mol. The van der Waals surface area contributed by atoms with Crippen molar-refractivity contribution in [2.24, 2.45) is 0 Å². The van der Waals surface area contributed by atoms with Crippen molar-refractivity contribution in [3.63, 3.8) is 0 Å². The van der Waals surface area contributed by atoms with Crippen LogP contribution in [0.15, 0.2) is 0 Å². The lowest BCUT2D eigenvalue weighted by molar-refractivity contribution is -0.179. The summed E-state index contributed by atoms with van der Waals surface area (Å²) in [5.41, 5.74) is 0. The quantitative estimate of drug-likeness (QED) is 0.473. The summed E-state index contributed by atoms with van der Waals surface area (Å²) in [6.45, 7) is 3.09. The van der Waals surface area contributed by atoms with Crippen molar-refractivity contribution in [1.82, 2.24) is 4.90 Å². The highest BCUT2D eigenvalue weighted by molar-refractivity contribution is 5.69. The molecule has 116 valence electrons. The molecule has 0 aromatic carbocycles. The van der Waals surface area contributed by atoms with Gasteiger partial charge in [-0.3, -0.25) is 9.69 Å². The van der Waals surface area contributed by atoms with Gasteiger partial charge in [0.25, 0.3) is 0 Å². The standard InChI is InChI=1S/C14H25NO5/c1-2-3-4-5-11(17)20-10-8-15-7-6-9(16)12(15)14(19)13(10)18/h9-10,12-14,16,18-19H,2-8H2,1H3/t9-,10?,12?,13+,14?/m0/s1. The van der Waals surface area contributed by atoms with Crippen molar-refractivity contribution in [3.8, 4) is 0 Å². The first-order chi connectivity index (χ1) is 9.54. The summed E-state index contributed by atoms with van der Waals surface area (Å²) in [7, 11) is 0. The van der Waals surface area contributed by atoms with Crippen LogP contribution in [0.5, 0.6) is 0 Å². The van der Waals surface area contributed by atoms with Crippen molar-refractivity contribution in [1.29, 1.82) is 0 Å². The lowest BCUT2D eigenvalue weighted by Gasteiger charge is -2.42. The molecule has 2 fully saturated rings. The van der Waals surface area contributed by atoms with E-state index in [4.69, 9.17) is 4.74 Å². The molecule has 0 aromatic heterocycles. The minimum absolute atomic E-state index is 0.326. The van der Waals surface area contributed by atoms with Gasteiger partial charge < -0.3 is 20.1 Å². The number of carbonyl (C=O) groups is 1. The second-order valence-electron chi connectivity index (χ2n) is 5.81. The maximum absolute atomic E-state index is 11.7. The molecule has 0 saturated carbocycles. The first-order valence-corrected chi connectivity index (χ1v) is 7.52. The molecule has 0 spiro atoms. The average molecular weight is 287 g/mol. The van der Waals surface area contributed by atoms with Crippen LogP contribution in [0.1, 0.15) is 39.0 Å². The smallest absolute Gasteiger partial charge is 0.306 e. The fourth-order valence-corrected chi connectivity index (χ4v) is 3.13. The number of hydrogen-bond acceptors (Lipinski definition) is 6. The Morgan fingerprint density at radius 2 is 2.00 bits per heavy atom. The number of fused-ring (bicyclic) bond motifs is 1. The molecule has 20 heavy (non-hydrogen) atoms. The zero-order valence-electron chi connectivity index (χ0n) is 11.9. The summed E-state index contributed by atoms with van der Waals surface area (Å²) in [6.07, 6.45) is 0.183. The van der Waals surface area contributed by atoms with Crippen molar-refractivity contribution in [2.75, 3.05) is 13.1 Å². The second-order valence-corrected chi connectivity index (χ2v) is 5.81. The van der Waals surface area contributed by atoms with E-state index >= 15 is 0 Å². The monoisotopic (exact) mass is 287 g/mol. The Kier molecular flexibility index (Phi) is 5.37. The van der Waals surface area contributed by atoms with E-state index in [1.54, 1.807) is 0 Å². The van der Waals surface area contributed by atoms with Gasteiger partial charge in [-0.1, -0.05) is 19.8 Å². The molecule has 0 aromatic rings. The van der Waals surface area contributed by atoms with Gasteiger partial charge in [0.2, 0.25) is 0 Å². The number of aliphatic hydroxyl groups excluding tert-OH is 3. The van der Waals surface area contributed by atoms with E-state index in [0.29, 0.717) is 25.9 Å². The summed E-state index contributed by atoms with van der Waals surface area (Å²) in [5.74, 6) is -0.326. The molecule has 0 amide bonds. The third-order valence-electron chi connectivity index (χ3n) is 4.29. The van der Waals surface area contributed by atoms with Crippen LogP contribution in [0.3, 0.4) is 0 Å². The highest BCUT2D eigenvalue weighted by Crippen LogP contribution is 2.29. The van der Waals surface area contributed by atoms with Crippen LogP contribution < -0.4 is 0 Å². The normalized spacial score (nSPS) is 37.7. The Balaban J connectivity index is 1.88. The van der Waals surface area contributed by atoms with Crippen molar-refractivity contribution < 1.29 is 24.9 Å². The summed E-state index contributed by atoms with van der Waals surface area (Å²) < 4.78 is 5.29. The Hall–Kier alpha value is -0.690.